The highest BCUT2D eigenvalue weighted by molar-refractivity contribution is 4.68. The maximum Gasteiger partial charge on any atom is 0.0638 e. The maximum absolute atomic E-state index is 8.86. The van der Waals surface area contributed by atoms with Gasteiger partial charge < -0.3 is 15.2 Å². The SMILES string of the molecule is CCC(C)NC(CO)COC. The summed E-state index contributed by atoms with van der Waals surface area (Å²) in [6.07, 6.45) is 1.07. The van der Waals surface area contributed by atoms with E-state index in [1.165, 1.54) is 0 Å². The predicted molar refractivity (Wildman–Crippen MR) is 45.6 cm³/mol. The van der Waals surface area contributed by atoms with Crippen molar-refractivity contribution in [3.63, 3.8) is 0 Å². The summed E-state index contributed by atoms with van der Waals surface area (Å²) in [5, 5.41) is 12.1. The summed E-state index contributed by atoms with van der Waals surface area (Å²) in [5.74, 6) is 0. The van der Waals surface area contributed by atoms with E-state index in [-0.39, 0.29) is 12.6 Å². The van der Waals surface area contributed by atoms with Crippen LogP contribution in [0.3, 0.4) is 0 Å². The third-order valence-corrected chi connectivity index (χ3v) is 1.72. The summed E-state index contributed by atoms with van der Waals surface area (Å²) in [5.41, 5.74) is 0. The number of nitrogens with one attached hydrogen (secondary N) is 1. The van der Waals surface area contributed by atoms with Gasteiger partial charge in [-0.2, -0.15) is 0 Å². The lowest BCUT2D eigenvalue weighted by Crippen LogP contribution is -2.41. The highest BCUT2D eigenvalue weighted by Gasteiger charge is 2.08. The Bertz CT molecular complexity index is 88.2. The molecule has 0 aromatic carbocycles. The lowest BCUT2D eigenvalue weighted by molar-refractivity contribution is 0.123. The van der Waals surface area contributed by atoms with Gasteiger partial charge >= 0.3 is 0 Å². The Labute approximate surface area is 68.8 Å². The smallest absolute Gasteiger partial charge is 0.0638 e. The number of aliphatic hydroxyl groups is 1. The van der Waals surface area contributed by atoms with Gasteiger partial charge in [-0.15, -0.1) is 0 Å². The van der Waals surface area contributed by atoms with Crippen LogP contribution in [0.5, 0.6) is 0 Å². The van der Waals surface area contributed by atoms with Crippen LogP contribution in [0.25, 0.3) is 0 Å². The molecule has 3 heteroatoms. The zero-order valence-electron chi connectivity index (χ0n) is 7.63. The van der Waals surface area contributed by atoms with Gasteiger partial charge in [-0.1, -0.05) is 6.92 Å². The van der Waals surface area contributed by atoms with Crippen molar-refractivity contribution in [1.29, 1.82) is 0 Å². The van der Waals surface area contributed by atoms with Gasteiger partial charge in [0, 0.05) is 13.2 Å². The maximum atomic E-state index is 8.86. The Kier molecular flexibility index (Phi) is 6.51. The average molecular weight is 161 g/mol. The lowest BCUT2D eigenvalue weighted by atomic mass is 10.2. The quantitative estimate of drug-likeness (QED) is 0.592. The Hall–Kier alpha value is -0.120. The Balaban J connectivity index is 3.49. The van der Waals surface area contributed by atoms with Crippen molar-refractivity contribution in [2.24, 2.45) is 0 Å². The molecule has 0 saturated carbocycles. The molecule has 0 radical (unpaired) electrons. The molecule has 0 aromatic rings. The molecule has 0 aromatic heterocycles. The van der Waals surface area contributed by atoms with Crippen LogP contribution in [0.1, 0.15) is 20.3 Å². The van der Waals surface area contributed by atoms with Gasteiger partial charge in [0.15, 0.2) is 0 Å². The monoisotopic (exact) mass is 161 g/mol. The molecule has 3 nitrogen and oxygen atoms in total. The molecule has 0 bridgehead atoms. The molecule has 68 valence electrons. The van der Waals surface area contributed by atoms with Crippen LogP contribution in [-0.4, -0.2) is 37.5 Å². The van der Waals surface area contributed by atoms with Gasteiger partial charge in [0.1, 0.15) is 0 Å². The normalized spacial score (nSPS) is 16.4. The van der Waals surface area contributed by atoms with E-state index in [0.717, 1.165) is 6.42 Å². The van der Waals surface area contributed by atoms with Gasteiger partial charge in [-0.25, -0.2) is 0 Å². The molecule has 0 spiro atoms. The van der Waals surface area contributed by atoms with Crippen molar-refractivity contribution in [3.8, 4) is 0 Å². The first-order chi connectivity index (χ1) is 5.24. The number of hydrogen-bond donors (Lipinski definition) is 2. The molecule has 0 aliphatic rings. The van der Waals surface area contributed by atoms with E-state index < -0.39 is 0 Å². The highest BCUT2D eigenvalue weighted by atomic mass is 16.5. The molecule has 0 rings (SSSR count). The minimum atomic E-state index is 0.0787. The summed E-state index contributed by atoms with van der Waals surface area (Å²) in [7, 11) is 1.64. The number of ether oxygens (including phenoxy) is 1. The molecule has 2 atom stereocenters. The largest absolute Gasteiger partial charge is 0.395 e. The van der Waals surface area contributed by atoms with Crippen molar-refractivity contribution in [2.45, 2.75) is 32.4 Å². The van der Waals surface area contributed by atoms with Crippen molar-refractivity contribution < 1.29 is 9.84 Å². The summed E-state index contributed by atoms with van der Waals surface area (Å²) < 4.78 is 4.92. The van der Waals surface area contributed by atoms with Gasteiger partial charge in [-0.05, 0) is 13.3 Å². The highest BCUT2D eigenvalue weighted by Crippen LogP contribution is 1.92. The summed E-state index contributed by atoms with van der Waals surface area (Å²) in [6.45, 7) is 4.91. The standard InChI is InChI=1S/C8H19NO2/c1-4-7(2)9-8(5-10)6-11-3/h7-10H,4-6H2,1-3H3. The zero-order chi connectivity index (χ0) is 8.69. The summed E-state index contributed by atoms with van der Waals surface area (Å²) >= 11 is 0. The van der Waals surface area contributed by atoms with Crippen LogP contribution < -0.4 is 5.32 Å². The molecule has 0 amide bonds. The number of rotatable bonds is 6. The second-order valence-corrected chi connectivity index (χ2v) is 2.81. The van der Waals surface area contributed by atoms with Crippen LogP contribution in [0.4, 0.5) is 0 Å². The van der Waals surface area contributed by atoms with Crippen molar-refractivity contribution in [2.75, 3.05) is 20.3 Å². The fourth-order valence-corrected chi connectivity index (χ4v) is 0.875. The molecule has 2 unspecified atom stereocenters. The molecule has 0 aliphatic carbocycles. The minimum absolute atomic E-state index is 0.0787. The zero-order valence-corrected chi connectivity index (χ0v) is 7.63. The molecule has 0 fully saturated rings. The van der Waals surface area contributed by atoms with Crippen LogP contribution >= 0.6 is 0 Å². The number of methoxy groups -OCH3 is 1. The van der Waals surface area contributed by atoms with Gasteiger partial charge in [0.2, 0.25) is 0 Å². The van der Waals surface area contributed by atoms with Gasteiger partial charge in [-0.3, -0.25) is 0 Å². The molecular formula is C8H19NO2. The van der Waals surface area contributed by atoms with Crippen LogP contribution in [0.2, 0.25) is 0 Å². The van der Waals surface area contributed by atoms with Crippen molar-refractivity contribution in [3.05, 3.63) is 0 Å². The average Bonchev–Trinajstić information content (AvgIpc) is 2.03. The van der Waals surface area contributed by atoms with E-state index in [1.807, 2.05) is 0 Å². The lowest BCUT2D eigenvalue weighted by Gasteiger charge is -2.19. The Morgan fingerprint density at radius 3 is 2.55 bits per heavy atom. The molecule has 2 N–H and O–H groups in total. The van der Waals surface area contributed by atoms with E-state index in [4.69, 9.17) is 9.84 Å². The summed E-state index contributed by atoms with van der Waals surface area (Å²) in [4.78, 5) is 0. The van der Waals surface area contributed by atoms with E-state index >= 15 is 0 Å². The topological polar surface area (TPSA) is 41.5 Å². The second kappa shape index (κ2) is 6.58. The van der Waals surface area contributed by atoms with Gasteiger partial charge in [0.25, 0.3) is 0 Å². The third kappa shape index (κ3) is 5.18. The van der Waals surface area contributed by atoms with E-state index in [1.54, 1.807) is 7.11 Å². The number of hydrogen-bond acceptors (Lipinski definition) is 3. The van der Waals surface area contributed by atoms with Crippen LogP contribution in [-0.2, 0) is 4.74 Å². The minimum Gasteiger partial charge on any atom is -0.395 e. The second-order valence-electron chi connectivity index (χ2n) is 2.81. The van der Waals surface area contributed by atoms with Crippen LogP contribution in [0, 0.1) is 0 Å². The Morgan fingerprint density at radius 1 is 1.55 bits per heavy atom. The number of aliphatic hydroxyl groups excluding tert-OH is 1. The van der Waals surface area contributed by atoms with E-state index in [0.29, 0.717) is 12.6 Å². The molecule has 0 saturated heterocycles. The fourth-order valence-electron chi connectivity index (χ4n) is 0.875. The predicted octanol–water partition coefficient (Wildman–Crippen LogP) is 0.382. The van der Waals surface area contributed by atoms with E-state index in [2.05, 4.69) is 19.2 Å². The molecule has 0 heterocycles. The van der Waals surface area contributed by atoms with Crippen molar-refractivity contribution >= 4 is 0 Å². The third-order valence-electron chi connectivity index (χ3n) is 1.72. The fraction of sp³-hybridized carbons (Fsp3) is 1.00. The van der Waals surface area contributed by atoms with Crippen LogP contribution in [0.15, 0.2) is 0 Å². The van der Waals surface area contributed by atoms with E-state index in [9.17, 15) is 0 Å². The van der Waals surface area contributed by atoms with Gasteiger partial charge in [0.05, 0.1) is 19.3 Å². The summed E-state index contributed by atoms with van der Waals surface area (Å²) in [6, 6.07) is 0.525. The van der Waals surface area contributed by atoms with Crippen molar-refractivity contribution in [1.82, 2.24) is 5.32 Å². The molecular weight excluding hydrogens is 142 g/mol. The first-order valence-electron chi connectivity index (χ1n) is 4.10. The molecule has 0 aliphatic heterocycles. The first-order valence-corrected chi connectivity index (χ1v) is 4.10. The molecule has 11 heavy (non-hydrogen) atoms. The first kappa shape index (κ1) is 10.9. The Morgan fingerprint density at radius 2 is 2.18 bits per heavy atom.